The molecule has 0 radical (unpaired) electrons. The number of hydrogen-bond acceptors (Lipinski definition) is 3. The SMILES string of the molecule is O=C1NC(=NC2CCCC2)S/C1=C\c1ccc(-c2ccccc2)cc1. The molecule has 0 aromatic heterocycles. The molecule has 2 aromatic carbocycles. The first-order valence-corrected chi connectivity index (χ1v) is 9.54. The van der Waals surface area contributed by atoms with Crippen LogP contribution in [0.3, 0.4) is 0 Å². The van der Waals surface area contributed by atoms with Gasteiger partial charge in [-0.15, -0.1) is 0 Å². The summed E-state index contributed by atoms with van der Waals surface area (Å²) in [5, 5.41) is 3.65. The van der Waals surface area contributed by atoms with E-state index >= 15 is 0 Å². The van der Waals surface area contributed by atoms with E-state index in [1.807, 2.05) is 24.3 Å². The number of nitrogens with one attached hydrogen (secondary N) is 1. The van der Waals surface area contributed by atoms with Crippen molar-refractivity contribution in [2.45, 2.75) is 31.7 Å². The lowest BCUT2D eigenvalue weighted by atomic mass is 10.0. The van der Waals surface area contributed by atoms with Gasteiger partial charge in [0.05, 0.1) is 10.9 Å². The minimum atomic E-state index is -0.0473. The van der Waals surface area contributed by atoms with Crippen molar-refractivity contribution in [3.8, 4) is 11.1 Å². The Balaban J connectivity index is 1.49. The Bertz CT molecular complexity index is 819. The van der Waals surface area contributed by atoms with Crippen LogP contribution in [0.5, 0.6) is 0 Å². The van der Waals surface area contributed by atoms with Crippen molar-refractivity contribution in [2.75, 3.05) is 0 Å². The number of hydrogen-bond donors (Lipinski definition) is 1. The van der Waals surface area contributed by atoms with Gasteiger partial charge in [-0.2, -0.15) is 0 Å². The molecule has 1 saturated heterocycles. The number of amidine groups is 1. The Kier molecular flexibility index (Phi) is 4.70. The van der Waals surface area contributed by atoms with E-state index in [1.54, 1.807) is 0 Å². The predicted octanol–water partition coefficient (Wildman–Crippen LogP) is 4.86. The van der Waals surface area contributed by atoms with E-state index in [9.17, 15) is 4.79 Å². The Morgan fingerprint density at radius 3 is 2.36 bits per heavy atom. The third kappa shape index (κ3) is 3.85. The molecule has 1 heterocycles. The summed E-state index contributed by atoms with van der Waals surface area (Å²) in [4.78, 5) is 17.6. The molecule has 1 aliphatic carbocycles. The topological polar surface area (TPSA) is 41.5 Å². The second kappa shape index (κ2) is 7.28. The molecule has 4 heteroatoms. The zero-order valence-electron chi connectivity index (χ0n) is 13.9. The average Bonchev–Trinajstić information content (AvgIpc) is 3.27. The number of aliphatic imine (C=N–C) groups is 1. The monoisotopic (exact) mass is 348 g/mol. The lowest BCUT2D eigenvalue weighted by Crippen LogP contribution is -2.21. The summed E-state index contributed by atoms with van der Waals surface area (Å²) in [6, 6.07) is 18.9. The van der Waals surface area contributed by atoms with Crippen molar-refractivity contribution in [1.29, 1.82) is 0 Å². The number of rotatable bonds is 3. The molecular formula is C21H20N2OS. The number of benzene rings is 2. The highest BCUT2D eigenvalue weighted by molar-refractivity contribution is 8.18. The lowest BCUT2D eigenvalue weighted by molar-refractivity contribution is -0.115. The molecule has 1 saturated carbocycles. The van der Waals surface area contributed by atoms with Gasteiger partial charge in [0, 0.05) is 0 Å². The molecule has 2 fully saturated rings. The van der Waals surface area contributed by atoms with Crippen LogP contribution in [0.2, 0.25) is 0 Å². The fraction of sp³-hybridized carbons (Fsp3) is 0.238. The van der Waals surface area contributed by atoms with Crippen LogP contribution in [0, 0.1) is 0 Å². The van der Waals surface area contributed by atoms with Crippen LogP contribution in [0.15, 0.2) is 64.5 Å². The minimum Gasteiger partial charge on any atom is -0.301 e. The number of amides is 1. The van der Waals surface area contributed by atoms with E-state index in [2.05, 4.69) is 46.7 Å². The van der Waals surface area contributed by atoms with E-state index in [4.69, 9.17) is 0 Å². The maximum absolute atomic E-state index is 12.2. The zero-order chi connectivity index (χ0) is 17.1. The summed E-state index contributed by atoms with van der Waals surface area (Å²) in [5.74, 6) is -0.0473. The number of thioether (sulfide) groups is 1. The van der Waals surface area contributed by atoms with Gasteiger partial charge in [-0.25, -0.2) is 0 Å². The van der Waals surface area contributed by atoms with Gasteiger partial charge in [0.1, 0.15) is 0 Å². The second-order valence-corrected chi connectivity index (χ2v) is 7.46. The van der Waals surface area contributed by atoms with Crippen LogP contribution in [0.4, 0.5) is 0 Å². The van der Waals surface area contributed by atoms with Gasteiger partial charge in [-0.3, -0.25) is 9.79 Å². The van der Waals surface area contributed by atoms with Crippen LogP contribution in [-0.2, 0) is 4.79 Å². The van der Waals surface area contributed by atoms with Crippen molar-refractivity contribution in [3.05, 3.63) is 65.1 Å². The fourth-order valence-electron chi connectivity index (χ4n) is 3.24. The first-order valence-electron chi connectivity index (χ1n) is 8.72. The van der Waals surface area contributed by atoms with Crippen LogP contribution in [0.1, 0.15) is 31.2 Å². The van der Waals surface area contributed by atoms with Crippen molar-refractivity contribution in [2.24, 2.45) is 4.99 Å². The number of carbonyl (C=O) groups excluding carboxylic acids is 1. The first-order chi connectivity index (χ1) is 12.3. The smallest absolute Gasteiger partial charge is 0.264 e. The maximum atomic E-state index is 12.2. The van der Waals surface area contributed by atoms with Crippen LogP contribution in [0.25, 0.3) is 17.2 Å². The Labute approximate surface area is 152 Å². The van der Waals surface area contributed by atoms with Crippen LogP contribution in [-0.4, -0.2) is 17.1 Å². The predicted molar refractivity (Wildman–Crippen MR) is 105 cm³/mol. The second-order valence-electron chi connectivity index (χ2n) is 6.43. The fourth-order valence-corrected chi connectivity index (χ4v) is 4.13. The largest absolute Gasteiger partial charge is 0.301 e. The van der Waals surface area contributed by atoms with Gasteiger partial charge >= 0.3 is 0 Å². The molecular weight excluding hydrogens is 328 g/mol. The number of nitrogens with zero attached hydrogens (tertiary/aromatic N) is 1. The van der Waals surface area contributed by atoms with Crippen molar-refractivity contribution < 1.29 is 4.79 Å². The van der Waals surface area contributed by atoms with Gasteiger partial charge in [-0.1, -0.05) is 67.4 Å². The van der Waals surface area contributed by atoms with Gasteiger partial charge in [-0.05, 0) is 47.4 Å². The van der Waals surface area contributed by atoms with Crippen LogP contribution >= 0.6 is 11.8 Å². The minimum absolute atomic E-state index is 0.0473. The highest BCUT2D eigenvalue weighted by Gasteiger charge is 2.25. The van der Waals surface area contributed by atoms with Gasteiger partial charge in [0.25, 0.3) is 5.91 Å². The molecule has 126 valence electrons. The summed E-state index contributed by atoms with van der Waals surface area (Å²) in [5.41, 5.74) is 3.40. The molecule has 0 unspecified atom stereocenters. The quantitative estimate of drug-likeness (QED) is 0.805. The molecule has 1 N–H and O–H groups in total. The molecule has 2 aliphatic rings. The van der Waals surface area contributed by atoms with Gasteiger partial charge in [0.2, 0.25) is 0 Å². The molecule has 4 rings (SSSR count). The van der Waals surface area contributed by atoms with Crippen LogP contribution < -0.4 is 5.32 Å². The van der Waals surface area contributed by atoms with Gasteiger partial charge in [0.15, 0.2) is 5.17 Å². The maximum Gasteiger partial charge on any atom is 0.264 e. The third-order valence-electron chi connectivity index (χ3n) is 4.59. The molecule has 3 nitrogen and oxygen atoms in total. The van der Waals surface area contributed by atoms with Gasteiger partial charge < -0.3 is 5.32 Å². The normalized spacial score (nSPS) is 21.2. The molecule has 0 bridgehead atoms. The Morgan fingerprint density at radius 2 is 1.64 bits per heavy atom. The molecule has 0 atom stereocenters. The molecule has 2 aromatic rings. The van der Waals surface area contributed by atoms with Crippen molar-refractivity contribution >= 4 is 28.9 Å². The number of carbonyl (C=O) groups is 1. The third-order valence-corrected chi connectivity index (χ3v) is 5.51. The van der Waals surface area contributed by atoms with E-state index in [-0.39, 0.29) is 5.91 Å². The van der Waals surface area contributed by atoms with E-state index in [0.29, 0.717) is 10.9 Å². The first kappa shape index (κ1) is 16.2. The summed E-state index contributed by atoms with van der Waals surface area (Å²) >= 11 is 1.45. The summed E-state index contributed by atoms with van der Waals surface area (Å²) in [6.07, 6.45) is 6.71. The molecule has 25 heavy (non-hydrogen) atoms. The zero-order valence-corrected chi connectivity index (χ0v) is 14.8. The highest BCUT2D eigenvalue weighted by atomic mass is 32.2. The summed E-state index contributed by atoms with van der Waals surface area (Å²) in [6.45, 7) is 0. The highest BCUT2D eigenvalue weighted by Crippen LogP contribution is 2.29. The Hall–Kier alpha value is -2.33. The van der Waals surface area contributed by atoms with E-state index < -0.39 is 0 Å². The van der Waals surface area contributed by atoms with E-state index in [1.165, 1.54) is 35.7 Å². The van der Waals surface area contributed by atoms with E-state index in [0.717, 1.165) is 23.6 Å². The molecule has 1 amide bonds. The Morgan fingerprint density at radius 1 is 0.960 bits per heavy atom. The average molecular weight is 348 g/mol. The standard InChI is InChI=1S/C21H20N2OS/c24-20-19(25-21(23-20)22-18-8-4-5-9-18)14-15-10-12-17(13-11-15)16-6-2-1-3-7-16/h1-3,6-7,10-14,18H,4-5,8-9H2,(H,22,23,24)/b19-14-. The summed E-state index contributed by atoms with van der Waals surface area (Å²) < 4.78 is 0. The lowest BCUT2D eigenvalue weighted by Gasteiger charge is -2.02. The summed E-state index contributed by atoms with van der Waals surface area (Å²) in [7, 11) is 0. The van der Waals surface area contributed by atoms with Crippen molar-refractivity contribution in [1.82, 2.24) is 5.32 Å². The van der Waals surface area contributed by atoms with Crippen molar-refractivity contribution in [3.63, 3.8) is 0 Å². The molecule has 0 spiro atoms. The molecule has 1 aliphatic heterocycles.